The van der Waals surface area contributed by atoms with E-state index in [0.717, 1.165) is 32.2 Å². The zero-order valence-corrected chi connectivity index (χ0v) is 15.0. The summed E-state index contributed by atoms with van der Waals surface area (Å²) in [6.45, 7) is 2.33. The first kappa shape index (κ1) is 16.5. The van der Waals surface area contributed by atoms with Crippen molar-refractivity contribution in [1.82, 2.24) is 0 Å². The minimum absolute atomic E-state index is 0.0150. The number of carbonyl (C=O) groups is 1. The Balaban J connectivity index is 1.97. The van der Waals surface area contributed by atoms with E-state index in [0.29, 0.717) is 13.0 Å². The molecule has 3 rings (SSSR count). The second-order valence-corrected chi connectivity index (χ2v) is 6.31. The Morgan fingerprint density at radius 3 is 2.42 bits per heavy atom. The molecule has 24 heavy (non-hydrogen) atoms. The third-order valence-corrected chi connectivity index (χ3v) is 4.41. The number of anilines is 1. The highest BCUT2D eigenvalue weighted by Gasteiger charge is 2.13. The van der Waals surface area contributed by atoms with Crippen LogP contribution in [-0.4, -0.2) is 5.91 Å². The number of fused-ring (bicyclic) bond motifs is 1. The van der Waals surface area contributed by atoms with Gasteiger partial charge in [-0.2, -0.15) is 0 Å². The van der Waals surface area contributed by atoms with Crippen LogP contribution in [0.15, 0.2) is 65.1 Å². The van der Waals surface area contributed by atoms with Gasteiger partial charge in [0.2, 0.25) is 5.91 Å². The van der Waals surface area contributed by atoms with Gasteiger partial charge in [-0.05, 0) is 27.6 Å². The first-order valence-corrected chi connectivity index (χ1v) is 8.66. The molecule has 3 aromatic carbocycles. The molecule has 0 radical (unpaired) electrons. The van der Waals surface area contributed by atoms with Gasteiger partial charge in [0.15, 0.2) is 0 Å². The minimum Gasteiger partial charge on any atom is -0.488 e. The normalized spacial score (nSPS) is 10.6. The number of ether oxygens (including phenoxy) is 1. The molecular formula is C20H18BrNO2. The predicted molar refractivity (Wildman–Crippen MR) is 101 cm³/mol. The van der Waals surface area contributed by atoms with Gasteiger partial charge in [-0.25, -0.2) is 0 Å². The van der Waals surface area contributed by atoms with E-state index in [1.54, 1.807) is 0 Å². The number of halogens is 1. The summed E-state index contributed by atoms with van der Waals surface area (Å²) in [5, 5.41) is 4.89. The third-order valence-electron chi connectivity index (χ3n) is 3.78. The fourth-order valence-electron chi connectivity index (χ4n) is 2.52. The fourth-order valence-corrected chi connectivity index (χ4v) is 3.04. The molecule has 0 atom stereocenters. The molecule has 0 spiro atoms. The molecule has 0 saturated carbocycles. The molecule has 0 aliphatic heterocycles. The number of nitrogens with one attached hydrogen (secondary N) is 1. The first-order valence-electron chi connectivity index (χ1n) is 7.87. The number of hydrogen-bond donors (Lipinski definition) is 1. The standard InChI is InChI=1S/C20H18BrNO2/c1-2-19(23)22-20-16-11-7-6-10-15(16)18(12-17(20)21)24-13-14-8-4-3-5-9-14/h3-12H,2,13H2,1H3,(H,22,23). The van der Waals surface area contributed by atoms with E-state index in [4.69, 9.17) is 4.74 Å². The molecule has 0 fully saturated rings. The van der Waals surface area contributed by atoms with Gasteiger partial charge in [0, 0.05) is 21.7 Å². The van der Waals surface area contributed by atoms with Crippen LogP contribution in [0, 0.1) is 0 Å². The van der Waals surface area contributed by atoms with Crippen molar-refractivity contribution >= 4 is 38.3 Å². The lowest BCUT2D eigenvalue weighted by molar-refractivity contribution is -0.115. The molecule has 3 nitrogen and oxygen atoms in total. The van der Waals surface area contributed by atoms with Crippen molar-refractivity contribution in [2.24, 2.45) is 0 Å². The quantitative estimate of drug-likeness (QED) is 0.628. The number of benzene rings is 3. The lowest BCUT2D eigenvalue weighted by Crippen LogP contribution is -2.10. The Labute approximate surface area is 149 Å². The van der Waals surface area contributed by atoms with Crippen LogP contribution in [0.2, 0.25) is 0 Å². The number of rotatable bonds is 5. The van der Waals surface area contributed by atoms with Crippen molar-refractivity contribution in [2.75, 3.05) is 5.32 Å². The van der Waals surface area contributed by atoms with Crippen molar-refractivity contribution in [3.05, 3.63) is 70.7 Å². The Morgan fingerprint density at radius 1 is 1.04 bits per heavy atom. The van der Waals surface area contributed by atoms with Gasteiger partial charge in [0.1, 0.15) is 12.4 Å². The highest BCUT2D eigenvalue weighted by atomic mass is 79.9. The average Bonchev–Trinajstić information content (AvgIpc) is 2.63. The molecule has 0 aliphatic rings. The van der Waals surface area contributed by atoms with Gasteiger partial charge >= 0.3 is 0 Å². The predicted octanol–water partition coefficient (Wildman–Crippen LogP) is 5.53. The maximum absolute atomic E-state index is 11.8. The zero-order chi connectivity index (χ0) is 16.9. The summed E-state index contributed by atoms with van der Waals surface area (Å²) in [5.74, 6) is 0.773. The second kappa shape index (κ2) is 7.49. The van der Waals surface area contributed by atoms with Gasteiger partial charge in [-0.15, -0.1) is 0 Å². The fraction of sp³-hybridized carbons (Fsp3) is 0.150. The number of hydrogen-bond acceptors (Lipinski definition) is 2. The SMILES string of the molecule is CCC(=O)Nc1c(Br)cc(OCc2ccccc2)c2ccccc12. The number of carbonyl (C=O) groups excluding carboxylic acids is 1. The average molecular weight is 384 g/mol. The van der Waals surface area contributed by atoms with Crippen LogP contribution < -0.4 is 10.1 Å². The summed E-state index contributed by atoms with van der Waals surface area (Å²) in [6, 6.07) is 19.9. The van der Waals surface area contributed by atoms with Crippen molar-refractivity contribution in [2.45, 2.75) is 20.0 Å². The maximum atomic E-state index is 11.8. The molecule has 3 aromatic rings. The van der Waals surface area contributed by atoms with Crippen molar-refractivity contribution < 1.29 is 9.53 Å². The van der Waals surface area contributed by atoms with E-state index in [1.165, 1.54) is 0 Å². The first-order chi connectivity index (χ1) is 11.7. The van der Waals surface area contributed by atoms with E-state index >= 15 is 0 Å². The van der Waals surface area contributed by atoms with Crippen LogP contribution in [0.4, 0.5) is 5.69 Å². The smallest absolute Gasteiger partial charge is 0.224 e. The molecule has 0 unspecified atom stereocenters. The topological polar surface area (TPSA) is 38.3 Å². The Kier molecular flexibility index (Phi) is 5.16. The highest BCUT2D eigenvalue weighted by Crippen LogP contribution is 2.38. The Morgan fingerprint density at radius 2 is 1.71 bits per heavy atom. The van der Waals surface area contributed by atoms with Crippen molar-refractivity contribution in [1.29, 1.82) is 0 Å². The van der Waals surface area contributed by atoms with Gasteiger partial charge in [0.25, 0.3) is 0 Å². The van der Waals surface area contributed by atoms with E-state index < -0.39 is 0 Å². The molecule has 0 aliphatic carbocycles. The lowest BCUT2D eigenvalue weighted by Gasteiger charge is -2.15. The summed E-state index contributed by atoms with van der Waals surface area (Å²) in [6.07, 6.45) is 0.438. The molecule has 122 valence electrons. The van der Waals surface area contributed by atoms with Gasteiger partial charge in [-0.3, -0.25) is 4.79 Å². The molecule has 4 heteroatoms. The van der Waals surface area contributed by atoms with Crippen LogP contribution in [0.1, 0.15) is 18.9 Å². The summed E-state index contributed by atoms with van der Waals surface area (Å²) in [5.41, 5.74) is 1.89. The zero-order valence-electron chi connectivity index (χ0n) is 13.4. The second-order valence-electron chi connectivity index (χ2n) is 5.45. The monoisotopic (exact) mass is 383 g/mol. The van der Waals surface area contributed by atoms with Gasteiger partial charge in [0.05, 0.1) is 5.69 Å². The largest absolute Gasteiger partial charge is 0.488 e. The van der Waals surface area contributed by atoms with Crippen molar-refractivity contribution in [3.63, 3.8) is 0 Å². The lowest BCUT2D eigenvalue weighted by atomic mass is 10.1. The Bertz CT molecular complexity index is 862. The number of amides is 1. The van der Waals surface area contributed by atoms with E-state index in [-0.39, 0.29) is 5.91 Å². The molecule has 1 N–H and O–H groups in total. The summed E-state index contributed by atoms with van der Waals surface area (Å²) >= 11 is 3.56. The molecule has 1 amide bonds. The van der Waals surface area contributed by atoms with Crippen LogP contribution in [0.25, 0.3) is 10.8 Å². The van der Waals surface area contributed by atoms with Crippen LogP contribution in [0.5, 0.6) is 5.75 Å². The van der Waals surface area contributed by atoms with E-state index in [2.05, 4.69) is 21.2 Å². The van der Waals surface area contributed by atoms with E-state index in [9.17, 15) is 4.79 Å². The summed E-state index contributed by atoms with van der Waals surface area (Å²) in [7, 11) is 0. The minimum atomic E-state index is -0.0150. The van der Waals surface area contributed by atoms with Crippen molar-refractivity contribution in [3.8, 4) is 5.75 Å². The van der Waals surface area contributed by atoms with E-state index in [1.807, 2.05) is 67.6 Å². The maximum Gasteiger partial charge on any atom is 0.224 e. The summed E-state index contributed by atoms with van der Waals surface area (Å²) in [4.78, 5) is 11.8. The summed E-state index contributed by atoms with van der Waals surface area (Å²) < 4.78 is 6.84. The molecular weight excluding hydrogens is 366 g/mol. The van der Waals surface area contributed by atoms with Crippen LogP contribution in [0.3, 0.4) is 0 Å². The molecule has 0 heterocycles. The third kappa shape index (κ3) is 3.60. The highest BCUT2D eigenvalue weighted by molar-refractivity contribution is 9.10. The van der Waals surface area contributed by atoms with Crippen LogP contribution >= 0.6 is 15.9 Å². The molecule has 0 saturated heterocycles. The molecule has 0 aromatic heterocycles. The van der Waals surface area contributed by atoms with Gasteiger partial charge in [-0.1, -0.05) is 61.5 Å². The van der Waals surface area contributed by atoms with Gasteiger partial charge < -0.3 is 10.1 Å². The Hall–Kier alpha value is -2.33. The van der Waals surface area contributed by atoms with Crippen LogP contribution in [-0.2, 0) is 11.4 Å². The molecule has 0 bridgehead atoms.